The number of amides is 1. The summed E-state index contributed by atoms with van der Waals surface area (Å²) in [5.74, 6) is -4.71. The van der Waals surface area contributed by atoms with Crippen LogP contribution >= 0.6 is 0 Å². The molecule has 1 saturated heterocycles. The van der Waals surface area contributed by atoms with Gasteiger partial charge in [-0.3, -0.25) is 4.79 Å². The molecule has 128 valence electrons. The molecule has 0 aliphatic carbocycles. The Morgan fingerprint density at radius 2 is 2.09 bits per heavy atom. The van der Waals surface area contributed by atoms with Crippen LogP contribution in [0.3, 0.4) is 0 Å². The Kier molecular flexibility index (Phi) is 6.23. The molecule has 0 saturated carbocycles. The van der Waals surface area contributed by atoms with Gasteiger partial charge in [0.2, 0.25) is 11.7 Å². The minimum absolute atomic E-state index is 0.560. The smallest absolute Gasteiger partial charge is 0.217 e. The van der Waals surface area contributed by atoms with E-state index in [4.69, 9.17) is 14.6 Å². The van der Waals surface area contributed by atoms with E-state index >= 15 is 0 Å². The van der Waals surface area contributed by atoms with Crippen LogP contribution < -0.4 is 10.4 Å². The highest BCUT2D eigenvalue weighted by atomic mass is 16.7. The highest BCUT2D eigenvalue weighted by molar-refractivity contribution is 5.75. The van der Waals surface area contributed by atoms with E-state index in [2.05, 4.69) is 5.32 Å². The number of methoxy groups -OCH3 is 1. The third kappa shape index (κ3) is 3.72. The van der Waals surface area contributed by atoms with Gasteiger partial charge in [0.1, 0.15) is 24.3 Å². The predicted molar refractivity (Wildman–Crippen MR) is 66.9 cm³/mol. The molecule has 10 heteroatoms. The van der Waals surface area contributed by atoms with Gasteiger partial charge in [0.05, 0.1) is 18.8 Å². The number of hydrogen-bond donors (Lipinski definition) is 5. The molecule has 1 fully saturated rings. The van der Waals surface area contributed by atoms with Gasteiger partial charge in [0.15, 0.2) is 0 Å². The number of carboxylic acids is 1. The molecule has 5 N–H and O–H groups in total. The fraction of sp³-hybridized carbons (Fsp3) is 0.833. The average Bonchev–Trinajstić information content (AvgIpc) is 2.46. The Bertz CT molecular complexity index is 417. The summed E-state index contributed by atoms with van der Waals surface area (Å²) in [5.41, 5.74) is 0. The number of aliphatic hydroxyl groups excluding tert-OH is 4. The van der Waals surface area contributed by atoms with E-state index in [0.717, 1.165) is 14.0 Å². The zero-order valence-corrected chi connectivity index (χ0v) is 12.1. The van der Waals surface area contributed by atoms with E-state index in [1.807, 2.05) is 0 Å². The first-order chi connectivity index (χ1) is 10.2. The lowest BCUT2D eigenvalue weighted by molar-refractivity contribution is -0.378. The van der Waals surface area contributed by atoms with E-state index in [1.165, 1.54) is 0 Å². The van der Waals surface area contributed by atoms with Crippen LogP contribution in [-0.4, -0.2) is 82.3 Å². The molecular formula is C12H20NO9-. The van der Waals surface area contributed by atoms with Crippen LogP contribution in [0.25, 0.3) is 0 Å². The van der Waals surface area contributed by atoms with Crippen molar-refractivity contribution in [2.24, 2.45) is 0 Å². The summed E-state index contributed by atoms with van der Waals surface area (Å²) in [6, 6.07) is -1.21. The summed E-state index contributed by atoms with van der Waals surface area (Å²) in [5, 5.41) is 52.0. The molecular weight excluding hydrogens is 302 g/mol. The molecule has 0 aromatic rings. The Labute approximate surface area is 126 Å². The Morgan fingerprint density at radius 1 is 1.50 bits per heavy atom. The van der Waals surface area contributed by atoms with Crippen LogP contribution in [0.5, 0.6) is 0 Å². The Morgan fingerprint density at radius 3 is 2.50 bits per heavy atom. The van der Waals surface area contributed by atoms with Gasteiger partial charge in [0, 0.05) is 20.5 Å². The number of carboxylic acid groups (broad SMARTS) is 1. The average molecular weight is 322 g/mol. The molecule has 22 heavy (non-hydrogen) atoms. The van der Waals surface area contributed by atoms with Crippen LogP contribution in [0.1, 0.15) is 13.3 Å². The van der Waals surface area contributed by atoms with E-state index < -0.39 is 61.1 Å². The maximum absolute atomic E-state index is 11.2. The molecule has 0 unspecified atom stereocenters. The van der Waals surface area contributed by atoms with Crippen molar-refractivity contribution in [1.29, 1.82) is 0 Å². The molecule has 10 nitrogen and oxygen atoms in total. The first-order valence-corrected chi connectivity index (χ1v) is 6.55. The number of hydrogen-bond acceptors (Lipinski definition) is 9. The van der Waals surface area contributed by atoms with Crippen molar-refractivity contribution < 1.29 is 44.6 Å². The number of carbonyl (C=O) groups is 2. The van der Waals surface area contributed by atoms with Crippen LogP contribution in [0.15, 0.2) is 0 Å². The van der Waals surface area contributed by atoms with Crippen molar-refractivity contribution in [3.8, 4) is 0 Å². The van der Waals surface area contributed by atoms with E-state index in [-0.39, 0.29) is 0 Å². The molecule has 1 amide bonds. The molecule has 0 spiro atoms. The lowest BCUT2D eigenvalue weighted by Crippen LogP contribution is -2.69. The minimum atomic E-state index is -2.35. The lowest BCUT2D eigenvalue weighted by Gasteiger charge is -2.48. The van der Waals surface area contributed by atoms with Crippen molar-refractivity contribution in [1.82, 2.24) is 5.32 Å². The summed E-state index contributed by atoms with van der Waals surface area (Å²) in [6.45, 7) is 0.310. The van der Waals surface area contributed by atoms with Gasteiger partial charge < -0.3 is 45.1 Å². The lowest BCUT2D eigenvalue weighted by atomic mass is 9.88. The van der Waals surface area contributed by atoms with Gasteiger partial charge in [-0.25, -0.2) is 0 Å². The monoisotopic (exact) mass is 322 g/mol. The quantitative estimate of drug-likeness (QED) is 0.323. The Hall–Kier alpha value is -1.30. The third-order valence-electron chi connectivity index (χ3n) is 3.50. The first kappa shape index (κ1) is 18.7. The zero-order valence-electron chi connectivity index (χ0n) is 12.1. The van der Waals surface area contributed by atoms with Crippen molar-refractivity contribution in [3.05, 3.63) is 0 Å². The summed E-state index contributed by atoms with van der Waals surface area (Å²) < 4.78 is 9.92. The molecule has 1 aliphatic rings. The van der Waals surface area contributed by atoms with Gasteiger partial charge in [-0.05, 0) is 0 Å². The molecule has 1 aliphatic heterocycles. The second kappa shape index (κ2) is 7.31. The second-order valence-electron chi connectivity index (χ2n) is 5.07. The number of rotatable bonds is 6. The summed E-state index contributed by atoms with van der Waals surface area (Å²) in [7, 11) is 1.01. The second-order valence-corrected chi connectivity index (χ2v) is 5.07. The van der Waals surface area contributed by atoms with Crippen LogP contribution in [0, 0.1) is 0 Å². The molecule has 0 aromatic heterocycles. The van der Waals surface area contributed by atoms with Crippen LogP contribution in [0.4, 0.5) is 0 Å². The van der Waals surface area contributed by atoms with Gasteiger partial charge in [-0.1, -0.05) is 0 Å². The first-order valence-electron chi connectivity index (χ1n) is 6.55. The van der Waals surface area contributed by atoms with E-state index in [1.54, 1.807) is 0 Å². The SMILES string of the molecule is CO[C@]1(C(=O)[O-])C[C@H](O)[C@@H](NC(C)=O)[C@H]([C@@H](O)[C@H](O)CO)O1. The number of ether oxygens (including phenoxy) is 2. The molecule has 1 heterocycles. The molecule has 0 radical (unpaired) electrons. The van der Waals surface area contributed by atoms with Crippen molar-refractivity contribution in [2.75, 3.05) is 13.7 Å². The fourth-order valence-electron chi connectivity index (χ4n) is 2.33. The predicted octanol–water partition coefficient (Wildman–Crippen LogP) is -4.55. The number of nitrogens with one attached hydrogen (secondary N) is 1. The van der Waals surface area contributed by atoms with Crippen molar-refractivity contribution in [2.45, 2.75) is 49.6 Å². The maximum Gasteiger partial charge on any atom is 0.217 e. The highest BCUT2D eigenvalue weighted by Crippen LogP contribution is 2.32. The third-order valence-corrected chi connectivity index (χ3v) is 3.50. The highest BCUT2D eigenvalue weighted by Gasteiger charge is 2.51. The molecule has 0 aromatic carbocycles. The summed E-state index contributed by atoms with van der Waals surface area (Å²) >= 11 is 0. The van der Waals surface area contributed by atoms with Gasteiger partial charge in [-0.2, -0.15) is 0 Å². The van der Waals surface area contributed by atoms with Gasteiger partial charge >= 0.3 is 0 Å². The van der Waals surface area contributed by atoms with Crippen LogP contribution in [-0.2, 0) is 19.1 Å². The number of aliphatic hydroxyl groups is 4. The summed E-state index contributed by atoms with van der Waals surface area (Å²) in [4.78, 5) is 22.4. The topological polar surface area (TPSA) is 169 Å². The standard InChI is InChI=1S/C12H21NO9/c1-5(15)13-8-6(16)3-12(21-2,11(19)20)22-10(8)9(18)7(17)4-14/h6-10,14,16-18H,3-4H2,1-2H3,(H,13,15)(H,19,20)/p-1/t6-,7+,8+,9-,10+,12+/m0/s1. The van der Waals surface area contributed by atoms with Crippen LogP contribution in [0.2, 0.25) is 0 Å². The van der Waals surface area contributed by atoms with E-state index in [0.29, 0.717) is 0 Å². The fourth-order valence-corrected chi connectivity index (χ4v) is 2.33. The zero-order chi connectivity index (χ0) is 17.1. The number of carbonyl (C=O) groups excluding carboxylic acids is 2. The molecule has 6 atom stereocenters. The van der Waals surface area contributed by atoms with Gasteiger partial charge in [-0.15, -0.1) is 0 Å². The Balaban J connectivity index is 3.14. The molecule has 0 bridgehead atoms. The largest absolute Gasteiger partial charge is 0.544 e. The number of aliphatic carboxylic acids is 1. The normalized spacial score (nSPS) is 34.7. The summed E-state index contributed by atoms with van der Waals surface area (Å²) in [6.07, 6.45) is -7.03. The van der Waals surface area contributed by atoms with Gasteiger partial charge in [0.25, 0.3) is 0 Å². The minimum Gasteiger partial charge on any atom is -0.544 e. The van der Waals surface area contributed by atoms with E-state index in [9.17, 15) is 30.0 Å². The maximum atomic E-state index is 11.2. The molecule has 1 rings (SSSR count). The van der Waals surface area contributed by atoms with Crippen molar-refractivity contribution >= 4 is 11.9 Å². The van der Waals surface area contributed by atoms with Crippen molar-refractivity contribution in [3.63, 3.8) is 0 Å².